The molecule has 1 aromatic heterocycles. The lowest BCUT2D eigenvalue weighted by molar-refractivity contribution is -0.127. The van der Waals surface area contributed by atoms with Crippen LogP contribution < -0.4 is 10.2 Å². The molecule has 0 aliphatic carbocycles. The van der Waals surface area contributed by atoms with Gasteiger partial charge in [-0.25, -0.2) is 9.07 Å². The number of nitrogens with zero attached hydrogens (tertiary/aromatic N) is 4. The van der Waals surface area contributed by atoms with Crippen molar-refractivity contribution in [2.45, 2.75) is 46.7 Å². The number of para-hydroxylation sites is 1. The monoisotopic (exact) mass is 501 g/mol. The summed E-state index contributed by atoms with van der Waals surface area (Å²) >= 11 is 0. The zero-order chi connectivity index (χ0) is 26.5. The van der Waals surface area contributed by atoms with E-state index < -0.39 is 11.9 Å². The summed E-state index contributed by atoms with van der Waals surface area (Å²) in [6, 6.07) is 17.9. The summed E-state index contributed by atoms with van der Waals surface area (Å²) in [6.45, 7) is 8.40. The molecule has 0 spiro atoms. The van der Waals surface area contributed by atoms with Crippen LogP contribution in [0.1, 0.15) is 43.0 Å². The van der Waals surface area contributed by atoms with Crippen LogP contribution in [0.3, 0.4) is 0 Å². The molecule has 1 unspecified atom stereocenters. The lowest BCUT2D eigenvalue weighted by Crippen LogP contribution is -2.45. The Balaban J connectivity index is 1.79. The number of hydrogen-bond donors (Lipinski definition) is 1. The van der Waals surface area contributed by atoms with Gasteiger partial charge in [0.2, 0.25) is 11.8 Å². The van der Waals surface area contributed by atoms with Crippen LogP contribution in [0.15, 0.2) is 66.7 Å². The number of aromatic nitrogens is 3. The minimum Gasteiger partial charge on any atom is -0.354 e. The molecule has 0 saturated carbocycles. The van der Waals surface area contributed by atoms with Crippen molar-refractivity contribution in [2.75, 3.05) is 11.4 Å². The lowest BCUT2D eigenvalue weighted by Gasteiger charge is -2.32. The standard InChI is InChI=1S/C29H32FN5O2/c1-19(2)13-14-31-29(37)28(22-9-11-23(30)12-10-22)35(24-16-20(3)15-21(4)17-24)27(36)18-34-26-8-6-5-7-25(26)32-33-34/h5-12,15-17,19,28H,13-14,18H2,1-4H3,(H,31,37). The van der Waals surface area contributed by atoms with E-state index in [0.717, 1.165) is 23.1 Å². The molecule has 4 rings (SSSR count). The molecular weight excluding hydrogens is 469 g/mol. The van der Waals surface area contributed by atoms with Crippen LogP contribution in [0.4, 0.5) is 10.1 Å². The Morgan fingerprint density at radius 3 is 2.35 bits per heavy atom. The SMILES string of the molecule is Cc1cc(C)cc(N(C(=O)Cn2nnc3ccccc32)C(C(=O)NCCC(C)C)c2ccc(F)cc2)c1. The minimum absolute atomic E-state index is 0.121. The van der Waals surface area contributed by atoms with Crippen molar-refractivity contribution in [3.8, 4) is 0 Å². The molecule has 0 aliphatic rings. The average molecular weight is 502 g/mol. The lowest BCUT2D eigenvalue weighted by atomic mass is 10.0. The molecule has 0 radical (unpaired) electrons. The van der Waals surface area contributed by atoms with Gasteiger partial charge in [-0.05, 0) is 79.3 Å². The van der Waals surface area contributed by atoms with Crippen LogP contribution in [0.5, 0.6) is 0 Å². The maximum absolute atomic E-state index is 14.0. The van der Waals surface area contributed by atoms with E-state index in [9.17, 15) is 14.0 Å². The molecule has 37 heavy (non-hydrogen) atoms. The van der Waals surface area contributed by atoms with Gasteiger partial charge in [-0.3, -0.25) is 14.5 Å². The van der Waals surface area contributed by atoms with Gasteiger partial charge in [0.15, 0.2) is 0 Å². The number of nitrogens with one attached hydrogen (secondary N) is 1. The van der Waals surface area contributed by atoms with Crippen molar-refractivity contribution in [1.29, 1.82) is 0 Å². The molecule has 0 fully saturated rings. The molecule has 7 nitrogen and oxygen atoms in total. The molecule has 1 N–H and O–H groups in total. The van der Waals surface area contributed by atoms with Crippen molar-refractivity contribution >= 4 is 28.5 Å². The predicted molar refractivity (Wildman–Crippen MR) is 143 cm³/mol. The summed E-state index contributed by atoms with van der Waals surface area (Å²) in [5.41, 5.74) is 4.40. The first kappa shape index (κ1) is 26.0. The largest absolute Gasteiger partial charge is 0.354 e. The molecule has 8 heteroatoms. The topological polar surface area (TPSA) is 80.1 Å². The molecule has 1 atom stereocenters. The fourth-order valence-electron chi connectivity index (χ4n) is 4.41. The van der Waals surface area contributed by atoms with Crippen LogP contribution in [0.2, 0.25) is 0 Å². The Labute approximate surface area is 216 Å². The summed E-state index contributed by atoms with van der Waals surface area (Å²) in [7, 11) is 0. The molecular formula is C29H32FN5O2. The van der Waals surface area contributed by atoms with Crippen molar-refractivity contribution in [1.82, 2.24) is 20.3 Å². The van der Waals surface area contributed by atoms with Gasteiger partial charge < -0.3 is 5.32 Å². The highest BCUT2D eigenvalue weighted by atomic mass is 19.1. The molecule has 4 aromatic rings. The molecule has 1 heterocycles. The molecule has 3 aromatic carbocycles. The van der Waals surface area contributed by atoms with Gasteiger partial charge in [-0.15, -0.1) is 5.10 Å². The second kappa shape index (κ2) is 11.3. The zero-order valence-corrected chi connectivity index (χ0v) is 21.6. The van der Waals surface area contributed by atoms with E-state index in [1.54, 1.807) is 12.1 Å². The second-order valence-corrected chi connectivity index (χ2v) is 9.77. The summed E-state index contributed by atoms with van der Waals surface area (Å²) in [5.74, 6) is -0.680. The van der Waals surface area contributed by atoms with Crippen LogP contribution in [0.25, 0.3) is 11.0 Å². The minimum atomic E-state index is -1.00. The summed E-state index contributed by atoms with van der Waals surface area (Å²) < 4.78 is 15.4. The van der Waals surface area contributed by atoms with E-state index in [4.69, 9.17) is 0 Å². The van der Waals surface area contributed by atoms with Gasteiger partial charge in [0.1, 0.15) is 23.9 Å². The highest BCUT2D eigenvalue weighted by molar-refractivity contribution is 6.01. The van der Waals surface area contributed by atoms with Gasteiger partial charge in [-0.2, -0.15) is 0 Å². The Kier molecular flexibility index (Phi) is 7.96. The molecule has 0 saturated heterocycles. The number of fused-ring (bicyclic) bond motifs is 1. The van der Waals surface area contributed by atoms with Crippen molar-refractivity contribution < 1.29 is 14.0 Å². The van der Waals surface area contributed by atoms with Crippen LogP contribution >= 0.6 is 0 Å². The fourth-order valence-corrected chi connectivity index (χ4v) is 4.41. The first-order chi connectivity index (χ1) is 17.7. The number of aryl methyl sites for hydroxylation is 2. The van der Waals surface area contributed by atoms with Crippen LogP contribution in [-0.2, 0) is 16.1 Å². The van der Waals surface area contributed by atoms with E-state index in [2.05, 4.69) is 29.5 Å². The van der Waals surface area contributed by atoms with Gasteiger partial charge in [0.05, 0.1) is 5.52 Å². The van der Waals surface area contributed by atoms with E-state index >= 15 is 0 Å². The summed E-state index contributed by atoms with van der Waals surface area (Å²) in [5, 5.41) is 11.3. The van der Waals surface area contributed by atoms with Crippen LogP contribution in [-0.4, -0.2) is 33.4 Å². The smallest absolute Gasteiger partial charge is 0.249 e. The fraction of sp³-hybridized carbons (Fsp3) is 0.310. The van der Waals surface area contributed by atoms with Gasteiger partial charge in [-0.1, -0.05) is 49.4 Å². The Morgan fingerprint density at radius 1 is 1.00 bits per heavy atom. The predicted octanol–water partition coefficient (Wildman–Crippen LogP) is 5.12. The summed E-state index contributed by atoms with van der Waals surface area (Å²) in [4.78, 5) is 29.2. The number of hydrogen-bond acceptors (Lipinski definition) is 4. The third-order valence-corrected chi connectivity index (χ3v) is 6.17. The number of carbonyl (C=O) groups excluding carboxylic acids is 2. The molecule has 2 amide bonds. The number of anilines is 1. The third kappa shape index (κ3) is 6.20. The Hall–Kier alpha value is -4.07. The van der Waals surface area contributed by atoms with Gasteiger partial charge >= 0.3 is 0 Å². The van der Waals surface area contributed by atoms with E-state index in [0.29, 0.717) is 29.2 Å². The highest BCUT2D eigenvalue weighted by Gasteiger charge is 2.33. The van der Waals surface area contributed by atoms with Crippen molar-refractivity contribution in [3.05, 3.63) is 89.2 Å². The molecule has 0 aliphatic heterocycles. The van der Waals surface area contributed by atoms with E-state index in [1.165, 1.54) is 21.7 Å². The molecule has 0 bridgehead atoms. The van der Waals surface area contributed by atoms with Crippen LogP contribution in [0, 0.1) is 25.6 Å². The maximum Gasteiger partial charge on any atom is 0.249 e. The van der Waals surface area contributed by atoms with Crippen molar-refractivity contribution in [3.63, 3.8) is 0 Å². The normalized spacial score (nSPS) is 12.1. The Bertz CT molecular complexity index is 1380. The number of rotatable bonds is 9. The third-order valence-electron chi connectivity index (χ3n) is 6.17. The van der Waals surface area contributed by atoms with E-state index in [1.807, 2.05) is 56.3 Å². The Morgan fingerprint density at radius 2 is 1.68 bits per heavy atom. The number of benzene rings is 3. The summed E-state index contributed by atoms with van der Waals surface area (Å²) in [6.07, 6.45) is 0.796. The second-order valence-electron chi connectivity index (χ2n) is 9.77. The first-order valence-corrected chi connectivity index (χ1v) is 12.4. The van der Waals surface area contributed by atoms with Crippen molar-refractivity contribution in [2.24, 2.45) is 5.92 Å². The average Bonchev–Trinajstić information content (AvgIpc) is 3.25. The zero-order valence-electron chi connectivity index (χ0n) is 21.6. The molecule has 192 valence electrons. The maximum atomic E-state index is 14.0. The first-order valence-electron chi connectivity index (χ1n) is 12.4. The van der Waals surface area contributed by atoms with Gasteiger partial charge in [0.25, 0.3) is 0 Å². The number of carbonyl (C=O) groups is 2. The quantitative estimate of drug-likeness (QED) is 0.345. The van der Waals surface area contributed by atoms with Gasteiger partial charge in [0, 0.05) is 12.2 Å². The highest BCUT2D eigenvalue weighted by Crippen LogP contribution is 2.30. The van der Waals surface area contributed by atoms with E-state index in [-0.39, 0.29) is 18.4 Å². The number of halogens is 1. The number of amides is 2.